The molecule has 0 aliphatic heterocycles. The number of nitrogens with one attached hydrogen (secondary N) is 1. The molecule has 0 aliphatic carbocycles. The first-order chi connectivity index (χ1) is 22.0. The molecule has 4 rings (SSSR count). The van der Waals surface area contributed by atoms with Gasteiger partial charge in [0.05, 0.1) is 27.8 Å². The highest BCUT2D eigenvalue weighted by Crippen LogP contribution is 2.36. The number of hydrogen-bond acceptors (Lipinski definition) is 6. The van der Waals surface area contributed by atoms with E-state index in [1.807, 2.05) is 51.1 Å². The molecule has 0 fully saturated rings. The van der Waals surface area contributed by atoms with Crippen LogP contribution in [0, 0.1) is 5.92 Å². The molecule has 0 bridgehead atoms. The van der Waals surface area contributed by atoms with Crippen LogP contribution >= 0.6 is 23.2 Å². The fourth-order valence-corrected chi connectivity index (χ4v) is 5.73. The lowest BCUT2D eigenvalue weighted by molar-refractivity contribution is -0.144. The molecule has 2 N–H and O–H groups in total. The number of aliphatic hydroxyl groups excluding tert-OH is 1. The first-order valence-electron chi connectivity index (χ1n) is 15.0. The standard InChI is InChI=1S/C35H38Cl2N4O5/c1-5-27(32(43)34-38-19-28(46-34)30-25(36)17-12-18-26(30)37)40(4)29(42)21-41(20-23-13-8-6-9-14-23)35(45)31(22(2)3)39-33(44)24-15-10-7-11-16-24/h6-19,22,27,31-32,43H,5,20-21H2,1-4H3,(H,39,44). The van der Waals surface area contributed by atoms with Crippen molar-refractivity contribution in [1.82, 2.24) is 20.1 Å². The molecular formula is C35H38Cl2N4O5. The maximum Gasteiger partial charge on any atom is 0.251 e. The Bertz CT molecular complexity index is 1610. The Labute approximate surface area is 279 Å². The lowest BCUT2D eigenvalue weighted by Gasteiger charge is -2.34. The fraction of sp³-hybridized carbons (Fsp3) is 0.314. The Morgan fingerprint density at radius 1 is 0.935 bits per heavy atom. The van der Waals surface area contributed by atoms with Crippen LogP contribution in [0.15, 0.2) is 89.5 Å². The van der Waals surface area contributed by atoms with Crippen molar-refractivity contribution >= 4 is 40.9 Å². The second-order valence-electron chi connectivity index (χ2n) is 11.3. The molecule has 46 heavy (non-hydrogen) atoms. The number of hydrogen-bond donors (Lipinski definition) is 2. The number of oxazole rings is 1. The second-order valence-corrected chi connectivity index (χ2v) is 12.1. The zero-order valence-corrected chi connectivity index (χ0v) is 27.7. The van der Waals surface area contributed by atoms with Crippen molar-refractivity contribution in [3.63, 3.8) is 0 Å². The molecule has 0 aliphatic rings. The predicted octanol–water partition coefficient (Wildman–Crippen LogP) is 6.40. The van der Waals surface area contributed by atoms with E-state index in [4.69, 9.17) is 27.6 Å². The molecule has 4 aromatic rings. The van der Waals surface area contributed by atoms with Crippen LogP contribution in [0.1, 0.15) is 55.1 Å². The van der Waals surface area contributed by atoms with E-state index in [2.05, 4.69) is 10.3 Å². The van der Waals surface area contributed by atoms with Gasteiger partial charge < -0.3 is 24.6 Å². The summed E-state index contributed by atoms with van der Waals surface area (Å²) in [7, 11) is 1.57. The zero-order chi connectivity index (χ0) is 33.4. The van der Waals surface area contributed by atoms with Crippen molar-refractivity contribution in [3.8, 4) is 11.3 Å². The van der Waals surface area contributed by atoms with Crippen molar-refractivity contribution in [2.75, 3.05) is 13.6 Å². The van der Waals surface area contributed by atoms with Crippen LogP contribution in [0.3, 0.4) is 0 Å². The van der Waals surface area contributed by atoms with Crippen LogP contribution in [0.25, 0.3) is 11.3 Å². The average Bonchev–Trinajstić information content (AvgIpc) is 3.53. The van der Waals surface area contributed by atoms with Crippen molar-refractivity contribution < 1.29 is 23.9 Å². The molecule has 0 saturated carbocycles. The summed E-state index contributed by atoms with van der Waals surface area (Å²) >= 11 is 12.6. The number of rotatable bonds is 13. The lowest BCUT2D eigenvalue weighted by Crippen LogP contribution is -2.54. The molecule has 1 heterocycles. The number of aromatic nitrogens is 1. The Balaban J connectivity index is 1.55. The Morgan fingerprint density at radius 2 is 1.54 bits per heavy atom. The van der Waals surface area contributed by atoms with Crippen LogP contribution < -0.4 is 5.32 Å². The summed E-state index contributed by atoms with van der Waals surface area (Å²) < 4.78 is 5.86. The third-order valence-electron chi connectivity index (χ3n) is 7.77. The summed E-state index contributed by atoms with van der Waals surface area (Å²) in [6.07, 6.45) is 0.513. The summed E-state index contributed by atoms with van der Waals surface area (Å²) in [5.74, 6) is -1.17. The van der Waals surface area contributed by atoms with Gasteiger partial charge in [-0.3, -0.25) is 14.4 Å². The van der Waals surface area contributed by atoms with E-state index >= 15 is 0 Å². The van der Waals surface area contributed by atoms with Crippen molar-refractivity contribution in [3.05, 3.63) is 112 Å². The first kappa shape index (κ1) is 34.7. The fourth-order valence-electron chi connectivity index (χ4n) is 5.15. The molecule has 1 aromatic heterocycles. The van der Waals surface area contributed by atoms with Gasteiger partial charge >= 0.3 is 0 Å². The van der Waals surface area contributed by atoms with Crippen LogP contribution in [-0.2, 0) is 16.1 Å². The van der Waals surface area contributed by atoms with E-state index in [9.17, 15) is 19.5 Å². The summed E-state index contributed by atoms with van der Waals surface area (Å²) in [6, 6.07) is 21.4. The second kappa shape index (κ2) is 15.9. The summed E-state index contributed by atoms with van der Waals surface area (Å²) in [5, 5.41) is 14.9. The number of nitrogens with zero attached hydrogens (tertiary/aromatic N) is 3. The van der Waals surface area contributed by atoms with Gasteiger partial charge in [-0.2, -0.15) is 0 Å². The van der Waals surface area contributed by atoms with E-state index < -0.39 is 30.0 Å². The molecule has 242 valence electrons. The summed E-state index contributed by atoms with van der Waals surface area (Å²) in [6.45, 7) is 5.36. The van der Waals surface area contributed by atoms with Gasteiger partial charge in [0.25, 0.3) is 5.91 Å². The van der Waals surface area contributed by atoms with Crippen LogP contribution in [0.2, 0.25) is 10.0 Å². The van der Waals surface area contributed by atoms with Crippen LogP contribution in [-0.4, -0.2) is 63.3 Å². The molecule has 0 saturated heterocycles. The molecule has 9 nitrogen and oxygen atoms in total. The number of carbonyl (C=O) groups excluding carboxylic acids is 3. The minimum atomic E-state index is -1.28. The number of amides is 3. The van der Waals surface area contributed by atoms with Gasteiger partial charge in [0.2, 0.25) is 17.7 Å². The minimum Gasteiger partial charge on any atom is -0.438 e. The van der Waals surface area contributed by atoms with E-state index in [0.29, 0.717) is 27.6 Å². The van der Waals surface area contributed by atoms with Gasteiger partial charge in [-0.15, -0.1) is 0 Å². The average molecular weight is 666 g/mol. The van der Waals surface area contributed by atoms with E-state index in [0.717, 1.165) is 5.56 Å². The number of carbonyl (C=O) groups is 3. The largest absolute Gasteiger partial charge is 0.438 e. The highest BCUT2D eigenvalue weighted by molar-refractivity contribution is 6.39. The van der Waals surface area contributed by atoms with Gasteiger partial charge in [-0.05, 0) is 42.2 Å². The van der Waals surface area contributed by atoms with Crippen molar-refractivity contribution in [2.45, 2.75) is 51.9 Å². The number of halogens is 2. The van der Waals surface area contributed by atoms with Crippen LogP contribution in [0.4, 0.5) is 0 Å². The Hall–Kier alpha value is -4.18. The molecule has 3 unspecified atom stereocenters. The monoisotopic (exact) mass is 664 g/mol. The smallest absolute Gasteiger partial charge is 0.251 e. The topological polar surface area (TPSA) is 116 Å². The van der Waals surface area contributed by atoms with Gasteiger partial charge in [0.1, 0.15) is 12.6 Å². The maximum atomic E-state index is 14.0. The molecule has 3 amide bonds. The van der Waals surface area contributed by atoms with Crippen molar-refractivity contribution in [2.24, 2.45) is 5.92 Å². The molecule has 11 heteroatoms. The lowest BCUT2D eigenvalue weighted by atomic mass is 10.0. The van der Waals surface area contributed by atoms with Gasteiger partial charge in [0.15, 0.2) is 11.9 Å². The Morgan fingerprint density at radius 3 is 2.13 bits per heavy atom. The zero-order valence-electron chi connectivity index (χ0n) is 26.2. The third-order valence-corrected chi connectivity index (χ3v) is 8.40. The van der Waals surface area contributed by atoms with Crippen LogP contribution in [0.5, 0.6) is 0 Å². The van der Waals surface area contributed by atoms with E-state index in [1.54, 1.807) is 55.6 Å². The number of benzene rings is 3. The maximum absolute atomic E-state index is 14.0. The van der Waals surface area contributed by atoms with Gasteiger partial charge in [-0.25, -0.2) is 4.98 Å². The summed E-state index contributed by atoms with van der Waals surface area (Å²) in [5.41, 5.74) is 1.70. The first-order valence-corrected chi connectivity index (χ1v) is 15.8. The normalized spacial score (nSPS) is 13.1. The molecular weight excluding hydrogens is 627 g/mol. The Kier molecular flexibility index (Phi) is 12.0. The number of aliphatic hydroxyl groups is 1. The molecule has 0 spiro atoms. The van der Waals surface area contributed by atoms with E-state index in [-0.39, 0.29) is 36.6 Å². The van der Waals surface area contributed by atoms with Gasteiger partial charge in [-0.1, -0.05) is 98.6 Å². The quantitative estimate of drug-likeness (QED) is 0.171. The van der Waals surface area contributed by atoms with E-state index in [1.165, 1.54) is 16.0 Å². The third kappa shape index (κ3) is 8.34. The van der Waals surface area contributed by atoms with Gasteiger partial charge in [0, 0.05) is 19.2 Å². The minimum absolute atomic E-state index is 0.00167. The molecule has 0 radical (unpaired) electrons. The molecule has 3 atom stereocenters. The molecule has 3 aromatic carbocycles. The SMILES string of the molecule is CCC(C(O)c1ncc(-c2c(Cl)cccc2Cl)o1)N(C)C(=O)CN(Cc1ccccc1)C(=O)C(NC(=O)c1ccccc1)C(C)C. The summed E-state index contributed by atoms with van der Waals surface area (Å²) in [4.78, 5) is 47.9. The predicted molar refractivity (Wildman–Crippen MR) is 178 cm³/mol. The van der Waals surface area contributed by atoms with Crippen molar-refractivity contribution in [1.29, 1.82) is 0 Å². The number of likely N-dealkylation sites (N-methyl/N-ethyl adjacent to an activating group) is 1. The highest BCUT2D eigenvalue weighted by Gasteiger charge is 2.34. The highest BCUT2D eigenvalue weighted by atomic mass is 35.5.